The molecule has 1 N–H and O–H groups in total. The summed E-state index contributed by atoms with van der Waals surface area (Å²) < 4.78 is 15.1. The molecule has 18 heavy (non-hydrogen) atoms. The lowest BCUT2D eigenvalue weighted by molar-refractivity contribution is -0.140. The van der Waals surface area contributed by atoms with E-state index in [1.54, 1.807) is 25.3 Å². The first-order chi connectivity index (χ1) is 8.71. The van der Waals surface area contributed by atoms with Crippen molar-refractivity contribution in [1.82, 2.24) is 0 Å². The Morgan fingerprint density at radius 3 is 2.72 bits per heavy atom. The summed E-state index contributed by atoms with van der Waals surface area (Å²) in [5, 5.41) is 9.17. The summed E-state index contributed by atoms with van der Waals surface area (Å²) in [5.74, 6) is 0.975. The number of ether oxygens (including phenoxy) is 3. The number of carbonyl (C=O) groups is 1. The lowest BCUT2D eigenvalue weighted by Crippen LogP contribution is -2.05. The van der Waals surface area contributed by atoms with E-state index in [9.17, 15) is 4.79 Å². The molecule has 0 aliphatic rings. The predicted molar refractivity (Wildman–Crippen MR) is 65.7 cm³/mol. The molecule has 0 radical (unpaired) electrons. The topological polar surface area (TPSA) is 65.0 Å². The molecule has 1 aromatic carbocycles. The number of aliphatic hydroxyl groups excluding tert-OH is 1. The van der Waals surface area contributed by atoms with Crippen LogP contribution in [0.1, 0.15) is 18.4 Å². The highest BCUT2D eigenvalue weighted by Crippen LogP contribution is 2.25. The van der Waals surface area contributed by atoms with Crippen LogP contribution in [0.15, 0.2) is 18.2 Å². The van der Waals surface area contributed by atoms with E-state index in [4.69, 9.17) is 14.6 Å². The zero-order chi connectivity index (χ0) is 13.4. The van der Waals surface area contributed by atoms with Crippen LogP contribution in [0.25, 0.3) is 0 Å². The summed E-state index contributed by atoms with van der Waals surface area (Å²) >= 11 is 0. The molecule has 0 saturated carbocycles. The van der Waals surface area contributed by atoms with Gasteiger partial charge >= 0.3 is 5.97 Å². The molecule has 0 aromatic heterocycles. The first kappa shape index (κ1) is 14.3. The third kappa shape index (κ3) is 4.25. The molecular formula is C13H18O5. The maximum absolute atomic E-state index is 10.9. The fourth-order valence-electron chi connectivity index (χ4n) is 1.43. The average Bonchev–Trinajstić information content (AvgIpc) is 2.42. The minimum absolute atomic E-state index is 0.101. The van der Waals surface area contributed by atoms with Gasteiger partial charge in [0.2, 0.25) is 0 Å². The van der Waals surface area contributed by atoms with Crippen LogP contribution in [-0.2, 0) is 16.1 Å². The van der Waals surface area contributed by atoms with Crippen LogP contribution >= 0.6 is 0 Å². The Labute approximate surface area is 106 Å². The van der Waals surface area contributed by atoms with E-state index in [1.165, 1.54) is 7.11 Å². The van der Waals surface area contributed by atoms with Gasteiger partial charge in [-0.05, 0) is 18.6 Å². The first-order valence-electron chi connectivity index (χ1n) is 5.68. The number of hydrogen-bond acceptors (Lipinski definition) is 5. The average molecular weight is 254 g/mol. The molecule has 0 saturated heterocycles. The van der Waals surface area contributed by atoms with Crippen molar-refractivity contribution >= 4 is 5.97 Å². The van der Waals surface area contributed by atoms with Crippen LogP contribution in [0.3, 0.4) is 0 Å². The van der Waals surface area contributed by atoms with E-state index in [0.717, 1.165) is 0 Å². The van der Waals surface area contributed by atoms with E-state index in [-0.39, 0.29) is 12.6 Å². The Balaban J connectivity index is 2.52. The predicted octanol–water partition coefficient (Wildman–Crippen LogP) is 1.52. The largest absolute Gasteiger partial charge is 0.497 e. The highest BCUT2D eigenvalue weighted by Gasteiger charge is 2.06. The molecule has 0 amide bonds. The zero-order valence-corrected chi connectivity index (χ0v) is 10.6. The third-order valence-corrected chi connectivity index (χ3v) is 2.46. The van der Waals surface area contributed by atoms with Gasteiger partial charge in [-0.3, -0.25) is 4.79 Å². The van der Waals surface area contributed by atoms with Gasteiger partial charge in [-0.15, -0.1) is 0 Å². The minimum Gasteiger partial charge on any atom is -0.497 e. The SMILES string of the molecule is COC(=O)CCCOc1cc(OC)ccc1CO. The number of aliphatic hydroxyl groups is 1. The second kappa shape index (κ2) is 7.55. The van der Waals surface area contributed by atoms with Crippen molar-refractivity contribution in [3.8, 4) is 11.5 Å². The number of methoxy groups -OCH3 is 2. The normalized spacial score (nSPS) is 9.94. The molecule has 100 valence electrons. The molecule has 0 spiro atoms. The lowest BCUT2D eigenvalue weighted by Gasteiger charge is -2.11. The Morgan fingerprint density at radius 1 is 1.33 bits per heavy atom. The van der Waals surface area contributed by atoms with Gasteiger partial charge in [0, 0.05) is 18.1 Å². The van der Waals surface area contributed by atoms with Gasteiger partial charge in [0.25, 0.3) is 0 Å². The van der Waals surface area contributed by atoms with Crippen molar-refractivity contribution in [2.24, 2.45) is 0 Å². The summed E-state index contributed by atoms with van der Waals surface area (Å²) in [6, 6.07) is 5.21. The minimum atomic E-state index is -0.258. The monoisotopic (exact) mass is 254 g/mol. The van der Waals surface area contributed by atoms with Gasteiger partial charge in [-0.25, -0.2) is 0 Å². The van der Waals surface area contributed by atoms with E-state index < -0.39 is 0 Å². The molecule has 0 unspecified atom stereocenters. The maximum atomic E-state index is 10.9. The maximum Gasteiger partial charge on any atom is 0.305 e. The first-order valence-corrected chi connectivity index (χ1v) is 5.68. The molecule has 0 aliphatic carbocycles. The molecular weight excluding hydrogens is 236 g/mol. The molecule has 0 bridgehead atoms. The van der Waals surface area contributed by atoms with Crippen LogP contribution < -0.4 is 9.47 Å². The number of hydrogen-bond donors (Lipinski definition) is 1. The summed E-state index contributed by atoms with van der Waals surface area (Å²) in [6.07, 6.45) is 0.879. The summed E-state index contributed by atoms with van der Waals surface area (Å²) in [4.78, 5) is 10.9. The molecule has 1 rings (SSSR count). The highest BCUT2D eigenvalue weighted by molar-refractivity contribution is 5.69. The van der Waals surface area contributed by atoms with Crippen LogP contribution in [0, 0.1) is 0 Å². The fraction of sp³-hybridized carbons (Fsp3) is 0.462. The van der Waals surface area contributed by atoms with Crippen molar-refractivity contribution in [3.05, 3.63) is 23.8 Å². The molecule has 5 nitrogen and oxygen atoms in total. The van der Waals surface area contributed by atoms with Crippen molar-refractivity contribution in [1.29, 1.82) is 0 Å². The second-order valence-corrected chi connectivity index (χ2v) is 3.66. The van der Waals surface area contributed by atoms with Crippen molar-refractivity contribution in [2.75, 3.05) is 20.8 Å². The van der Waals surface area contributed by atoms with Gasteiger partial charge < -0.3 is 19.3 Å². The lowest BCUT2D eigenvalue weighted by atomic mass is 10.2. The third-order valence-electron chi connectivity index (χ3n) is 2.46. The highest BCUT2D eigenvalue weighted by atomic mass is 16.5. The number of benzene rings is 1. The molecule has 0 atom stereocenters. The standard InChI is InChI=1S/C13H18O5/c1-16-11-6-5-10(9-14)12(8-11)18-7-3-4-13(15)17-2/h5-6,8,14H,3-4,7,9H2,1-2H3. The van der Waals surface area contributed by atoms with E-state index in [0.29, 0.717) is 36.5 Å². The Hall–Kier alpha value is -1.75. The molecule has 0 aliphatic heterocycles. The fourth-order valence-corrected chi connectivity index (χ4v) is 1.43. The van der Waals surface area contributed by atoms with Crippen LogP contribution in [0.4, 0.5) is 0 Å². The van der Waals surface area contributed by atoms with Crippen LogP contribution in [-0.4, -0.2) is 31.9 Å². The van der Waals surface area contributed by atoms with Gasteiger partial charge in [0.15, 0.2) is 0 Å². The van der Waals surface area contributed by atoms with E-state index in [1.807, 2.05) is 0 Å². The van der Waals surface area contributed by atoms with E-state index >= 15 is 0 Å². The Kier molecular flexibility index (Phi) is 6.00. The number of rotatable bonds is 7. The Morgan fingerprint density at radius 2 is 2.11 bits per heavy atom. The zero-order valence-electron chi connectivity index (χ0n) is 10.6. The number of carbonyl (C=O) groups excluding carboxylic acids is 1. The number of esters is 1. The van der Waals surface area contributed by atoms with Gasteiger partial charge in [0.05, 0.1) is 27.4 Å². The molecule has 1 aromatic rings. The Bertz CT molecular complexity index is 389. The summed E-state index contributed by atoms with van der Waals surface area (Å²) in [5.41, 5.74) is 0.689. The van der Waals surface area contributed by atoms with Gasteiger partial charge in [-0.1, -0.05) is 0 Å². The molecule has 5 heteroatoms. The summed E-state index contributed by atoms with van der Waals surface area (Å²) in [6.45, 7) is 0.283. The van der Waals surface area contributed by atoms with Crippen molar-refractivity contribution < 1.29 is 24.1 Å². The molecule has 0 fully saturated rings. The van der Waals surface area contributed by atoms with Crippen molar-refractivity contribution in [3.63, 3.8) is 0 Å². The second-order valence-electron chi connectivity index (χ2n) is 3.66. The van der Waals surface area contributed by atoms with Gasteiger partial charge in [-0.2, -0.15) is 0 Å². The smallest absolute Gasteiger partial charge is 0.305 e. The molecule has 0 heterocycles. The quantitative estimate of drug-likeness (QED) is 0.590. The summed E-state index contributed by atoms with van der Waals surface area (Å²) in [7, 11) is 2.92. The van der Waals surface area contributed by atoms with Gasteiger partial charge in [0.1, 0.15) is 11.5 Å². The van der Waals surface area contributed by atoms with Crippen LogP contribution in [0.2, 0.25) is 0 Å². The van der Waals surface area contributed by atoms with Crippen LogP contribution in [0.5, 0.6) is 11.5 Å². The van der Waals surface area contributed by atoms with E-state index in [2.05, 4.69) is 4.74 Å². The van der Waals surface area contributed by atoms with Crippen molar-refractivity contribution in [2.45, 2.75) is 19.4 Å².